The molecule has 4 aromatic rings. The van der Waals surface area contributed by atoms with Gasteiger partial charge in [0.1, 0.15) is 5.69 Å². The standard InChI is InChI=1S/C24H26N6O/c1-3-7-18(8-4-2)24(31)26-19-12-10-17(11-13-19)20-14-15-22-27-28-23(30(22)29-20)21-9-5-6-16-25-21/h5-6,9-16,18H,3-4,7-8H2,1-2H3,(H,26,31). The van der Waals surface area contributed by atoms with E-state index in [-0.39, 0.29) is 11.8 Å². The van der Waals surface area contributed by atoms with E-state index in [1.54, 1.807) is 10.7 Å². The molecule has 0 atom stereocenters. The van der Waals surface area contributed by atoms with Crippen LogP contribution in [0.1, 0.15) is 39.5 Å². The predicted molar refractivity (Wildman–Crippen MR) is 121 cm³/mol. The summed E-state index contributed by atoms with van der Waals surface area (Å²) < 4.78 is 1.70. The summed E-state index contributed by atoms with van der Waals surface area (Å²) in [6.45, 7) is 4.23. The van der Waals surface area contributed by atoms with Crippen LogP contribution >= 0.6 is 0 Å². The van der Waals surface area contributed by atoms with Crippen LogP contribution < -0.4 is 5.32 Å². The summed E-state index contributed by atoms with van der Waals surface area (Å²) in [5.41, 5.74) is 3.90. The molecule has 3 aromatic heterocycles. The van der Waals surface area contributed by atoms with Crippen LogP contribution in [0.25, 0.3) is 28.4 Å². The first kappa shape index (κ1) is 20.7. The molecule has 0 saturated heterocycles. The summed E-state index contributed by atoms with van der Waals surface area (Å²) in [4.78, 5) is 16.9. The maximum atomic E-state index is 12.6. The lowest BCUT2D eigenvalue weighted by molar-refractivity contribution is -0.120. The summed E-state index contributed by atoms with van der Waals surface area (Å²) in [6, 6.07) is 17.2. The van der Waals surface area contributed by atoms with Crippen LogP contribution in [0.4, 0.5) is 5.69 Å². The molecule has 1 amide bonds. The summed E-state index contributed by atoms with van der Waals surface area (Å²) in [5.74, 6) is 0.761. The monoisotopic (exact) mass is 414 g/mol. The number of nitrogens with zero attached hydrogens (tertiary/aromatic N) is 5. The highest BCUT2D eigenvalue weighted by atomic mass is 16.1. The van der Waals surface area contributed by atoms with Gasteiger partial charge < -0.3 is 5.32 Å². The van der Waals surface area contributed by atoms with Crippen LogP contribution in [0.2, 0.25) is 0 Å². The third kappa shape index (κ3) is 4.60. The number of carbonyl (C=O) groups is 1. The minimum Gasteiger partial charge on any atom is -0.326 e. The number of aromatic nitrogens is 5. The first-order valence-electron chi connectivity index (χ1n) is 10.7. The van der Waals surface area contributed by atoms with Crippen molar-refractivity contribution in [2.45, 2.75) is 39.5 Å². The van der Waals surface area contributed by atoms with Crippen molar-refractivity contribution in [1.82, 2.24) is 24.8 Å². The second-order valence-electron chi connectivity index (χ2n) is 7.57. The van der Waals surface area contributed by atoms with Gasteiger partial charge in [-0.1, -0.05) is 44.9 Å². The van der Waals surface area contributed by atoms with Gasteiger partial charge in [0.2, 0.25) is 11.7 Å². The Bertz CT molecular complexity index is 1150. The summed E-state index contributed by atoms with van der Waals surface area (Å²) in [5, 5.41) is 16.2. The fourth-order valence-electron chi connectivity index (χ4n) is 3.67. The number of carbonyl (C=O) groups excluding carboxylic acids is 1. The van der Waals surface area contributed by atoms with Crippen molar-refractivity contribution in [3.8, 4) is 22.8 Å². The first-order chi connectivity index (χ1) is 15.2. The van der Waals surface area contributed by atoms with Crippen LogP contribution in [-0.2, 0) is 4.79 Å². The fourth-order valence-corrected chi connectivity index (χ4v) is 3.67. The van der Waals surface area contributed by atoms with Crippen LogP contribution in [0.3, 0.4) is 0 Å². The zero-order valence-electron chi connectivity index (χ0n) is 17.8. The lowest BCUT2D eigenvalue weighted by atomic mass is 9.97. The van der Waals surface area contributed by atoms with E-state index in [1.165, 1.54) is 0 Å². The largest absolute Gasteiger partial charge is 0.326 e. The summed E-state index contributed by atoms with van der Waals surface area (Å²) in [7, 11) is 0. The van der Waals surface area contributed by atoms with Gasteiger partial charge in [0.05, 0.1) is 5.69 Å². The van der Waals surface area contributed by atoms with Gasteiger partial charge in [-0.25, -0.2) is 0 Å². The van der Waals surface area contributed by atoms with Crippen molar-refractivity contribution >= 4 is 17.2 Å². The number of hydrogen-bond acceptors (Lipinski definition) is 5. The second kappa shape index (κ2) is 9.47. The Balaban J connectivity index is 1.56. The van der Waals surface area contributed by atoms with Crippen molar-refractivity contribution in [1.29, 1.82) is 0 Å². The molecule has 0 bridgehead atoms. The normalized spacial score (nSPS) is 11.2. The highest BCUT2D eigenvalue weighted by Gasteiger charge is 2.17. The number of amides is 1. The molecule has 0 aliphatic rings. The molecule has 0 radical (unpaired) electrons. The number of fused-ring (bicyclic) bond motifs is 1. The van der Waals surface area contributed by atoms with Gasteiger partial charge in [0.15, 0.2) is 5.65 Å². The quantitative estimate of drug-likeness (QED) is 0.438. The zero-order valence-corrected chi connectivity index (χ0v) is 17.8. The number of benzene rings is 1. The molecular weight excluding hydrogens is 388 g/mol. The van der Waals surface area contributed by atoms with Crippen LogP contribution in [0, 0.1) is 5.92 Å². The lowest BCUT2D eigenvalue weighted by Gasteiger charge is -2.15. The highest BCUT2D eigenvalue weighted by Crippen LogP contribution is 2.23. The molecule has 1 aromatic carbocycles. The average molecular weight is 415 g/mol. The molecule has 3 heterocycles. The van der Waals surface area contributed by atoms with Crippen molar-refractivity contribution in [3.05, 3.63) is 60.8 Å². The molecule has 7 nitrogen and oxygen atoms in total. The molecule has 0 aliphatic heterocycles. The number of rotatable bonds is 8. The molecule has 158 valence electrons. The van der Waals surface area contributed by atoms with Gasteiger partial charge in [-0.05, 0) is 49.2 Å². The number of nitrogens with one attached hydrogen (secondary N) is 1. The Morgan fingerprint density at radius 2 is 1.71 bits per heavy atom. The molecule has 1 N–H and O–H groups in total. The van der Waals surface area contributed by atoms with E-state index in [1.807, 2.05) is 54.6 Å². The summed E-state index contributed by atoms with van der Waals surface area (Å²) >= 11 is 0. The van der Waals surface area contributed by atoms with E-state index in [0.29, 0.717) is 17.2 Å². The van der Waals surface area contributed by atoms with E-state index in [0.717, 1.165) is 42.6 Å². The van der Waals surface area contributed by atoms with E-state index in [9.17, 15) is 4.79 Å². The van der Waals surface area contributed by atoms with Gasteiger partial charge in [0.25, 0.3) is 0 Å². The maximum absolute atomic E-state index is 12.6. The maximum Gasteiger partial charge on any atom is 0.227 e. The molecule has 7 heteroatoms. The van der Waals surface area contributed by atoms with E-state index < -0.39 is 0 Å². The predicted octanol–water partition coefficient (Wildman–Crippen LogP) is 5.01. The van der Waals surface area contributed by atoms with Crippen LogP contribution in [0.15, 0.2) is 60.8 Å². The van der Waals surface area contributed by atoms with Gasteiger partial charge >= 0.3 is 0 Å². The smallest absolute Gasteiger partial charge is 0.227 e. The van der Waals surface area contributed by atoms with Gasteiger partial charge in [-0.3, -0.25) is 9.78 Å². The van der Waals surface area contributed by atoms with Crippen molar-refractivity contribution in [2.75, 3.05) is 5.32 Å². The Kier molecular flexibility index (Phi) is 6.31. The molecule has 0 saturated carbocycles. The van der Waals surface area contributed by atoms with Crippen LogP contribution in [-0.4, -0.2) is 30.7 Å². The van der Waals surface area contributed by atoms with Crippen LogP contribution in [0.5, 0.6) is 0 Å². The van der Waals surface area contributed by atoms with Gasteiger partial charge in [-0.2, -0.15) is 9.61 Å². The molecule has 0 unspecified atom stereocenters. The number of anilines is 1. The molecule has 0 fully saturated rings. The molecule has 0 aliphatic carbocycles. The Morgan fingerprint density at radius 3 is 2.39 bits per heavy atom. The number of pyridine rings is 1. The third-order valence-electron chi connectivity index (χ3n) is 5.25. The molecule has 31 heavy (non-hydrogen) atoms. The van der Waals surface area contributed by atoms with Crippen molar-refractivity contribution in [3.63, 3.8) is 0 Å². The molecular formula is C24H26N6O. The Labute approximate surface area is 181 Å². The molecule has 4 rings (SSSR count). The topological polar surface area (TPSA) is 85.1 Å². The lowest BCUT2D eigenvalue weighted by Crippen LogP contribution is -2.22. The Morgan fingerprint density at radius 1 is 0.935 bits per heavy atom. The summed E-state index contributed by atoms with van der Waals surface area (Å²) in [6.07, 6.45) is 5.57. The molecule has 0 spiro atoms. The minimum atomic E-state index is 0.0671. The van der Waals surface area contributed by atoms with Gasteiger partial charge in [0, 0.05) is 23.4 Å². The van der Waals surface area contributed by atoms with Crippen molar-refractivity contribution < 1.29 is 4.79 Å². The first-order valence-corrected chi connectivity index (χ1v) is 10.7. The van der Waals surface area contributed by atoms with E-state index in [2.05, 4.69) is 34.3 Å². The van der Waals surface area contributed by atoms with Crippen molar-refractivity contribution in [2.24, 2.45) is 5.92 Å². The SMILES string of the molecule is CCCC(CCC)C(=O)Nc1ccc(-c2ccc3nnc(-c4ccccn4)n3n2)cc1. The fraction of sp³-hybridized carbons (Fsp3) is 0.292. The minimum absolute atomic E-state index is 0.0671. The van der Waals surface area contributed by atoms with E-state index >= 15 is 0 Å². The second-order valence-corrected chi connectivity index (χ2v) is 7.57. The average Bonchev–Trinajstić information content (AvgIpc) is 3.23. The zero-order chi connectivity index (χ0) is 21.6. The number of hydrogen-bond donors (Lipinski definition) is 1. The van der Waals surface area contributed by atoms with Gasteiger partial charge in [-0.15, -0.1) is 10.2 Å². The highest BCUT2D eigenvalue weighted by molar-refractivity contribution is 5.92. The third-order valence-corrected chi connectivity index (χ3v) is 5.25. The Hall–Kier alpha value is -3.61. The van der Waals surface area contributed by atoms with E-state index in [4.69, 9.17) is 5.10 Å².